The molecule has 16 heavy (non-hydrogen) atoms. The lowest BCUT2D eigenvalue weighted by Gasteiger charge is -2.31. The molecule has 0 aromatic heterocycles. The molecule has 1 nitrogen and oxygen atoms in total. The quantitative estimate of drug-likeness (QED) is 0.799. The van der Waals surface area contributed by atoms with E-state index in [9.17, 15) is 4.39 Å². The Hall–Kier alpha value is -0.890. The third-order valence-electron chi connectivity index (χ3n) is 2.89. The van der Waals surface area contributed by atoms with Crippen molar-refractivity contribution in [2.24, 2.45) is 0 Å². The molecule has 1 atom stereocenters. The topological polar surface area (TPSA) is 12.0 Å². The van der Waals surface area contributed by atoms with Crippen molar-refractivity contribution in [1.29, 1.82) is 0 Å². The van der Waals surface area contributed by atoms with Crippen molar-refractivity contribution < 1.29 is 4.39 Å². The molecule has 0 amide bonds. The van der Waals surface area contributed by atoms with Gasteiger partial charge in [-0.25, -0.2) is 4.39 Å². The highest BCUT2D eigenvalue weighted by Crippen LogP contribution is 2.21. The first-order valence-corrected chi connectivity index (χ1v) is 5.99. The van der Waals surface area contributed by atoms with Gasteiger partial charge in [0.15, 0.2) is 0 Å². The molecule has 0 bridgehead atoms. The fourth-order valence-electron chi connectivity index (χ4n) is 2.07. The van der Waals surface area contributed by atoms with Gasteiger partial charge in [0.1, 0.15) is 5.82 Å². The van der Waals surface area contributed by atoms with Gasteiger partial charge in [0.25, 0.3) is 0 Å². The number of halogens is 1. The Morgan fingerprint density at radius 3 is 2.31 bits per heavy atom. The van der Waals surface area contributed by atoms with Crippen LogP contribution in [0.2, 0.25) is 0 Å². The van der Waals surface area contributed by atoms with Crippen molar-refractivity contribution in [3.8, 4) is 0 Å². The molecule has 1 N–H and O–H groups in total. The molecule has 0 aliphatic carbocycles. The normalized spacial score (nSPS) is 13.8. The second-order valence-corrected chi connectivity index (χ2v) is 4.97. The van der Waals surface area contributed by atoms with Gasteiger partial charge in [-0.15, -0.1) is 0 Å². The van der Waals surface area contributed by atoms with Crippen molar-refractivity contribution >= 4 is 0 Å². The molecule has 1 rings (SSSR count). The Morgan fingerprint density at radius 1 is 1.25 bits per heavy atom. The van der Waals surface area contributed by atoms with Crippen molar-refractivity contribution in [2.75, 3.05) is 0 Å². The Bertz CT molecular complexity index is 316. The van der Waals surface area contributed by atoms with E-state index in [1.54, 1.807) is 0 Å². The molecule has 1 aromatic rings. The van der Waals surface area contributed by atoms with Crippen molar-refractivity contribution in [3.63, 3.8) is 0 Å². The van der Waals surface area contributed by atoms with Crippen LogP contribution in [-0.2, 0) is 5.54 Å². The molecule has 1 aromatic carbocycles. The fourth-order valence-corrected chi connectivity index (χ4v) is 2.07. The Kier molecular flexibility index (Phi) is 4.48. The smallest absolute Gasteiger partial charge is 0.123 e. The van der Waals surface area contributed by atoms with Gasteiger partial charge in [-0.3, -0.25) is 0 Å². The van der Waals surface area contributed by atoms with Gasteiger partial charge in [0.05, 0.1) is 0 Å². The lowest BCUT2D eigenvalue weighted by atomic mass is 9.93. The number of benzene rings is 1. The summed E-state index contributed by atoms with van der Waals surface area (Å²) >= 11 is 0. The van der Waals surface area contributed by atoms with Crippen LogP contribution in [0, 0.1) is 5.82 Å². The van der Waals surface area contributed by atoms with Crippen LogP contribution in [0.3, 0.4) is 0 Å². The second kappa shape index (κ2) is 5.44. The first kappa shape index (κ1) is 13.2. The molecule has 0 radical (unpaired) electrons. The molecule has 0 spiro atoms. The second-order valence-electron chi connectivity index (χ2n) is 4.97. The van der Waals surface area contributed by atoms with Gasteiger partial charge in [0, 0.05) is 11.6 Å². The van der Waals surface area contributed by atoms with E-state index in [4.69, 9.17) is 0 Å². The van der Waals surface area contributed by atoms with E-state index in [-0.39, 0.29) is 11.4 Å². The number of hydrogen-bond acceptors (Lipinski definition) is 1. The summed E-state index contributed by atoms with van der Waals surface area (Å²) in [6, 6.07) is 7.21. The molecule has 90 valence electrons. The van der Waals surface area contributed by atoms with E-state index in [0.717, 1.165) is 12.0 Å². The summed E-state index contributed by atoms with van der Waals surface area (Å²) in [5.74, 6) is -0.179. The highest BCUT2D eigenvalue weighted by atomic mass is 19.1. The van der Waals surface area contributed by atoms with E-state index in [2.05, 4.69) is 33.0 Å². The van der Waals surface area contributed by atoms with Crippen LogP contribution in [-0.4, -0.2) is 6.04 Å². The first-order valence-electron chi connectivity index (χ1n) is 5.99. The molecule has 1 unspecified atom stereocenters. The highest BCUT2D eigenvalue weighted by Gasteiger charge is 2.21. The first-order chi connectivity index (χ1) is 7.45. The molecular formula is C14H22FN. The van der Waals surface area contributed by atoms with Crippen molar-refractivity contribution in [3.05, 3.63) is 35.6 Å². The third kappa shape index (κ3) is 3.60. The predicted octanol–water partition coefficient (Wildman–Crippen LogP) is 3.84. The lowest BCUT2D eigenvalue weighted by molar-refractivity contribution is 0.340. The minimum atomic E-state index is -0.179. The zero-order valence-electron chi connectivity index (χ0n) is 10.7. The molecular weight excluding hydrogens is 201 g/mol. The van der Waals surface area contributed by atoms with Gasteiger partial charge in [-0.05, 0) is 44.9 Å². The minimum Gasteiger partial charge on any atom is -0.305 e. The molecule has 0 aliphatic rings. The van der Waals surface area contributed by atoms with E-state index >= 15 is 0 Å². The Balaban J connectivity index is 2.72. The average molecular weight is 223 g/mol. The summed E-state index contributed by atoms with van der Waals surface area (Å²) in [6.45, 7) is 8.64. The third-order valence-corrected chi connectivity index (χ3v) is 2.89. The van der Waals surface area contributed by atoms with Crippen LogP contribution in [0.5, 0.6) is 0 Å². The molecule has 0 aliphatic heterocycles. The minimum absolute atomic E-state index is 0.109. The van der Waals surface area contributed by atoms with Gasteiger partial charge < -0.3 is 5.32 Å². The van der Waals surface area contributed by atoms with Crippen molar-refractivity contribution in [2.45, 2.75) is 52.1 Å². The van der Waals surface area contributed by atoms with E-state index in [0.29, 0.717) is 6.04 Å². The molecule has 0 fully saturated rings. The zero-order valence-corrected chi connectivity index (χ0v) is 10.7. The van der Waals surface area contributed by atoms with Crippen LogP contribution < -0.4 is 5.32 Å². The summed E-state index contributed by atoms with van der Waals surface area (Å²) < 4.78 is 12.8. The maximum Gasteiger partial charge on any atom is 0.123 e. The van der Waals surface area contributed by atoms with Gasteiger partial charge in [-0.2, -0.15) is 0 Å². The van der Waals surface area contributed by atoms with Crippen LogP contribution in [0.25, 0.3) is 0 Å². The summed E-state index contributed by atoms with van der Waals surface area (Å²) in [6.07, 6.45) is 2.33. The standard InChI is InChI=1S/C14H22FN/c1-5-6-11(2)16-14(3,4)12-7-9-13(15)10-8-12/h7-11,16H,5-6H2,1-4H3. The largest absolute Gasteiger partial charge is 0.305 e. The fraction of sp³-hybridized carbons (Fsp3) is 0.571. The summed E-state index contributed by atoms with van der Waals surface area (Å²) in [4.78, 5) is 0. The van der Waals surface area contributed by atoms with Gasteiger partial charge >= 0.3 is 0 Å². The Morgan fingerprint density at radius 2 is 1.81 bits per heavy atom. The van der Waals surface area contributed by atoms with Crippen LogP contribution in [0.1, 0.15) is 46.1 Å². The number of rotatable bonds is 5. The van der Waals surface area contributed by atoms with Crippen LogP contribution in [0.4, 0.5) is 4.39 Å². The maximum absolute atomic E-state index is 12.8. The molecule has 0 heterocycles. The molecule has 0 saturated heterocycles. The highest BCUT2D eigenvalue weighted by molar-refractivity contribution is 5.23. The number of hydrogen-bond donors (Lipinski definition) is 1. The van der Waals surface area contributed by atoms with Crippen molar-refractivity contribution in [1.82, 2.24) is 5.32 Å². The average Bonchev–Trinajstić information content (AvgIpc) is 2.17. The zero-order chi connectivity index (χ0) is 12.2. The van der Waals surface area contributed by atoms with Crippen LogP contribution >= 0.6 is 0 Å². The molecule has 2 heteroatoms. The monoisotopic (exact) mass is 223 g/mol. The van der Waals surface area contributed by atoms with Crippen LogP contribution in [0.15, 0.2) is 24.3 Å². The Labute approximate surface area is 98.1 Å². The SMILES string of the molecule is CCCC(C)NC(C)(C)c1ccc(F)cc1. The summed E-state index contributed by atoms with van der Waals surface area (Å²) in [7, 11) is 0. The van der Waals surface area contributed by atoms with Gasteiger partial charge in [-0.1, -0.05) is 25.5 Å². The van der Waals surface area contributed by atoms with E-state index in [1.165, 1.54) is 18.6 Å². The summed E-state index contributed by atoms with van der Waals surface area (Å²) in [5.41, 5.74) is 1.01. The van der Waals surface area contributed by atoms with E-state index in [1.807, 2.05) is 12.1 Å². The lowest BCUT2D eigenvalue weighted by Crippen LogP contribution is -2.42. The summed E-state index contributed by atoms with van der Waals surface area (Å²) in [5, 5.41) is 3.57. The van der Waals surface area contributed by atoms with E-state index < -0.39 is 0 Å². The maximum atomic E-state index is 12.8. The van der Waals surface area contributed by atoms with Gasteiger partial charge in [0.2, 0.25) is 0 Å². The molecule has 0 saturated carbocycles. The number of nitrogens with one attached hydrogen (secondary N) is 1. The predicted molar refractivity (Wildman–Crippen MR) is 66.9 cm³/mol.